The summed E-state index contributed by atoms with van der Waals surface area (Å²) in [4.78, 5) is 12.8. The first kappa shape index (κ1) is 20.2. The van der Waals surface area contributed by atoms with Gasteiger partial charge in [-0.3, -0.25) is 9.80 Å². The largest absolute Gasteiger partial charge is 0.491 e. The van der Waals surface area contributed by atoms with Crippen molar-refractivity contribution in [3.05, 3.63) is 29.3 Å². The van der Waals surface area contributed by atoms with E-state index < -0.39 is 10.0 Å². The number of amides is 1. The topological polar surface area (TPSA) is 114 Å². The average molecular weight is 421 g/mol. The molecule has 1 aromatic carbocycles. The lowest BCUT2D eigenvalue weighted by atomic mass is 9.88. The molecule has 1 saturated carbocycles. The molecule has 2 fully saturated rings. The van der Waals surface area contributed by atoms with Gasteiger partial charge in [-0.2, -0.15) is 0 Å². The number of amidine groups is 1. The van der Waals surface area contributed by atoms with Gasteiger partial charge in [0.05, 0.1) is 17.4 Å². The fraction of sp³-hybridized carbons (Fsp3) is 0.600. The van der Waals surface area contributed by atoms with Crippen molar-refractivity contribution in [1.82, 2.24) is 10.4 Å². The SMILES string of the molecule is NC1=NS(=O)(=O)Cc2cccc(OC[C@H]3CCCN(C(=O)C4CCCCC4)N3)c21. The molecule has 3 N–H and O–H groups in total. The second-order valence-corrected chi connectivity index (χ2v) is 9.73. The van der Waals surface area contributed by atoms with Crippen LogP contribution in [-0.4, -0.2) is 44.4 Å². The molecular formula is C20H28N4O4S. The highest BCUT2D eigenvalue weighted by Gasteiger charge is 2.30. The monoisotopic (exact) mass is 420 g/mol. The van der Waals surface area contributed by atoms with Crippen LogP contribution < -0.4 is 15.9 Å². The quantitative estimate of drug-likeness (QED) is 0.766. The summed E-state index contributed by atoms with van der Waals surface area (Å²) in [5, 5.41) is 1.77. The van der Waals surface area contributed by atoms with Gasteiger partial charge in [-0.1, -0.05) is 31.4 Å². The molecule has 2 heterocycles. The van der Waals surface area contributed by atoms with Gasteiger partial charge in [0, 0.05) is 12.5 Å². The summed E-state index contributed by atoms with van der Waals surface area (Å²) < 4.78 is 33.2. The van der Waals surface area contributed by atoms with Gasteiger partial charge in [0.25, 0.3) is 10.0 Å². The highest BCUT2D eigenvalue weighted by molar-refractivity contribution is 7.89. The number of nitrogens with zero attached hydrogens (tertiary/aromatic N) is 2. The number of hydrogen-bond acceptors (Lipinski definition) is 6. The van der Waals surface area contributed by atoms with Crippen LogP contribution >= 0.6 is 0 Å². The van der Waals surface area contributed by atoms with E-state index in [2.05, 4.69) is 9.82 Å². The van der Waals surface area contributed by atoms with E-state index in [1.54, 1.807) is 23.2 Å². The number of carbonyl (C=O) groups excluding carboxylic acids is 1. The summed E-state index contributed by atoms with van der Waals surface area (Å²) in [6.45, 7) is 1.09. The Bertz CT molecular complexity index is 909. The van der Waals surface area contributed by atoms with Gasteiger partial charge in [0.2, 0.25) is 5.91 Å². The normalized spacial score (nSPS) is 24.5. The Morgan fingerprint density at radius 2 is 2.00 bits per heavy atom. The third kappa shape index (κ3) is 4.56. The Morgan fingerprint density at radius 3 is 2.79 bits per heavy atom. The Labute approximate surface area is 171 Å². The van der Waals surface area contributed by atoms with Crippen LogP contribution in [0.2, 0.25) is 0 Å². The van der Waals surface area contributed by atoms with Crippen molar-refractivity contribution >= 4 is 21.8 Å². The van der Waals surface area contributed by atoms with E-state index in [4.69, 9.17) is 10.5 Å². The molecule has 1 aromatic rings. The fourth-order valence-corrected chi connectivity index (χ4v) is 5.52. The van der Waals surface area contributed by atoms with Gasteiger partial charge in [-0.15, -0.1) is 4.40 Å². The molecule has 3 aliphatic rings. The van der Waals surface area contributed by atoms with Crippen LogP contribution in [0.3, 0.4) is 0 Å². The van der Waals surface area contributed by atoms with E-state index in [0.717, 1.165) is 45.1 Å². The lowest BCUT2D eigenvalue weighted by Crippen LogP contribution is -2.55. The van der Waals surface area contributed by atoms with Gasteiger partial charge in [-0.05, 0) is 37.3 Å². The van der Waals surface area contributed by atoms with E-state index in [9.17, 15) is 13.2 Å². The minimum Gasteiger partial charge on any atom is -0.491 e. The second kappa shape index (κ2) is 8.31. The van der Waals surface area contributed by atoms with E-state index in [1.807, 2.05) is 0 Å². The fourth-order valence-electron chi connectivity index (χ4n) is 4.43. The first-order chi connectivity index (χ1) is 13.9. The standard InChI is InChI=1S/C20H28N4O4S/c21-19-18-15(13-29(26,27)23-19)8-4-10-17(18)28-12-16-9-5-11-24(22-16)20(25)14-6-2-1-3-7-14/h4,8,10,14,16,22H,1-3,5-7,9,11-13H2,(H2,21,23)/t16-/m1/s1. The molecule has 1 aliphatic carbocycles. The number of ether oxygens (including phenoxy) is 1. The van der Waals surface area contributed by atoms with Crippen LogP contribution in [0.5, 0.6) is 5.75 Å². The summed E-state index contributed by atoms with van der Waals surface area (Å²) >= 11 is 0. The number of fused-ring (bicyclic) bond motifs is 1. The number of hydrogen-bond donors (Lipinski definition) is 2. The van der Waals surface area contributed by atoms with Crippen LogP contribution in [0, 0.1) is 5.92 Å². The molecular weight excluding hydrogens is 392 g/mol. The molecule has 0 spiro atoms. The Morgan fingerprint density at radius 1 is 1.21 bits per heavy atom. The van der Waals surface area contributed by atoms with Crippen molar-refractivity contribution in [1.29, 1.82) is 0 Å². The van der Waals surface area contributed by atoms with E-state index >= 15 is 0 Å². The highest BCUT2D eigenvalue weighted by atomic mass is 32.2. The molecule has 8 nitrogen and oxygen atoms in total. The number of benzene rings is 1. The first-order valence-electron chi connectivity index (χ1n) is 10.3. The molecule has 1 atom stereocenters. The molecule has 0 bridgehead atoms. The predicted molar refractivity (Wildman–Crippen MR) is 110 cm³/mol. The van der Waals surface area contributed by atoms with Crippen LogP contribution in [0.4, 0.5) is 0 Å². The van der Waals surface area contributed by atoms with Crippen LogP contribution in [-0.2, 0) is 20.6 Å². The second-order valence-electron chi connectivity index (χ2n) is 8.10. The number of nitrogens with two attached hydrogens (primary N) is 1. The lowest BCUT2D eigenvalue weighted by Gasteiger charge is -2.36. The summed E-state index contributed by atoms with van der Waals surface area (Å²) in [5.74, 6) is 0.651. The summed E-state index contributed by atoms with van der Waals surface area (Å²) in [7, 11) is -3.57. The Kier molecular flexibility index (Phi) is 5.78. The maximum absolute atomic E-state index is 12.8. The number of rotatable bonds is 4. The highest BCUT2D eigenvalue weighted by Crippen LogP contribution is 2.29. The molecule has 2 aliphatic heterocycles. The van der Waals surface area contributed by atoms with E-state index in [0.29, 0.717) is 23.5 Å². The molecule has 158 valence electrons. The Hall–Kier alpha value is -2.13. The number of hydrazine groups is 1. The van der Waals surface area contributed by atoms with Gasteiger partial charge in [0.1, 0.15) is 18.2 Å². The first-order valence-corrected chi connectivity index (χ1v) is 11.9. The van der Waals surface area contributed by atoms with Crippen molar-refractivity contribution < 1.29 is 17.9 Å². The molecule has 1 amide bonds. The molecule has 9 heteroatoms. The third-order valence-corrected chi connectivity index (χ3v) is 7.03. The zero-order chi connectivity index (χ0) is 20.4. The van der Waals surface area contributed by atoms with Gasteiger partial charge >= 0.3 is 0 Å². The van der Waals surface area contributed by atoms with Gasteiger partial charge < -0.3 is 10.5 Å². The minimum absolute atomic E-state index is 0.0117. The number of carbonyl (C=O) groups is 1. The maximum Gasteiger partial charge on any atom is 0.259 e. The smallest absolute Gasteiger partial charge is 0.259 e. The van der Waals surface area contributed by atoms with Crippen molar-refractivity contribution in [2.75, 3.05) is 13.2 Å². The Balaban J connectivity index is 1.40. The molecule has 4 rings (SSSR count). The van der Waals surface area contributed by atoms with Crippen molar-refractivity contribution in [2.45, 2.75) is 56.7 Å². The van der Waals surface area contributed by atoms with Crippen LogP contribution in [0.1, 0.15) is 56.1 Å². The van der Waals surface area contributed by atoms with E-state index in [1.165, 1.54) is 6.42 Å². The maximum atomic E-state index is 12.8. The molecule has 0 unspecified atom stereocenters. The number of nitrogens with one attached hydrogen (secondary N) is 1. The minimum atomic E-state index is -3.57. The zero-order valence-electron chi connectivity index (χ0n) is 16.5. The summed E-state index contributed by atoms with van der Waals surface area (Å²) in [6, 6.07) is 5.27. The molecule has 1 saturated heterocycles. The molecule has 0 radical (unpaired) electrons. The van der Waals surface area contributed by atoms with Crippen LogP contribution in [0.25, 0.3) is 0 Å². The predicted octanol–water partition coefficient (Wildman–Crippen LogP) is 1.69. The summed E-state index contributed by atoms with van der Waals surface area (Å²) in [6.07, 6.45) is 7.29. The summed E-state index contributed by atoms with van der Waals surface area (Å²) in [5.41, 5.74) is 10.4. The van der Waals surface area contributed by atoms with Crippen molar-refractivity contribution in [2.24, 2.45) is 16.0 Å². The van der Waals surface area contributed by atoms with Gasteiger partial charge in [-0.25, -0.2) is 13.8 Å². The van der Waals surface area contributed by atoms with Crippen molar-refractivity contribution in [3.8, 4) is 5.75 Å². The number of sulfonamides is 1. The van der Waals surface area contributed by atoms with Crippen molar-refractivity contribution in [3.63, 3.8) is 0 Å². The zero-order valence-corrected chi connectivity index (χ0v) is 17.3. The van der Waals surface area contributed by atoms with Crippen LogP contribution in [0.15, 0.2) is 22.6 Å². The molecule has 29 heavy (non-hydrogen) atoms. The molecule has 0 aromatic heterocycles. The average Bonchev–Trinajstić information content (AvgIpc) is 2.71. The van der Waals surface area contributed by atoms with E-state index in [-0.39, 0.29) is 29.5 Å². The lowest BCUT2D eigenvalue weighted by molar-refractivity contribution is -0.142. The van der Waals surface area contributed by atoms with Gasteiger partial charge in [0.15, 0.2) is 0 Å². The third-order valence-electron chi connectivity index (χ3n) is 5.88.